The van der Waals surface area contributed by atoms with Crippen molar-refractivity contribution in [3.63, 3.8) is 0 Å². The molecule has 0 amide bonds. The number of pyridine rings is 2. The number of ether oxygens (including phenoxy) is 2. The van der Waals surface area contributed by atoms with Gasteiger partial charge in [-0.2, -0.15) is 0 Å². The smallest absolute Gasteiger partial charge is 0.212 e. The molecule has 0 aromatic carbocycles. The summed E-state index contributed by atoms with van der Waals surface area (Å²) in [6.45, 7) is 5.83. The molecule has 0 atom stereocenters. The fourth-order valence-electron chi connectivity index (χ4n) is 2.86. The van der Waals surface area contributed by atoms with Crippen molar-refractivity contribution in [1.29, 1.82) is 0 Å². The van der Waals surface area contributed by atoms with Gasteiger partial charge in [-0.25, -0.2) is 19.9 Å². The van der Waals surface area contributed by atoms with Gasteiger partial charge in [0.1, 0.15) is 11.4 Å². The van der Waals surface area contributed by atoms with Gasteiger partial charge in [0, 0.05) is 23.0 Å². The number of hydrogen-bond donors (Lipinski definition) is 0. The molecule has 0 spiro atoms. The van der Waals surface area contributed by atoms with Gasteiger partial charge in [0.15, 0.2) is 5.82 Å². The van der Waals surface area contributed by atoms with Crippen LogP contribution in [0.3, 0.4) is 0 Å². The molecule has 27 heavy (non-hydrogen) atoms. The SMILES string of the molecule is C/C=c1/c(-c2ccc(OC)nc2)nc(-c2ccc(OC)c(C)n2)n/c1=C/C. The highest BCUT2D eigenvalue weighted by Gasteiger charge is 2.12. The summed E-state index contributed by atoms with van der Waals surface area (Å²) in [5, 5.41) is 1.81. The molecule has 0 aliphatic heterocycles. The van der Waals surface area contributed by atoms with E-state index in [0.29, 0.717) is 17.4 Å². The van der Waals surface area contributed by atoms with Crippen LogP contribution in [0.5, 0.6) is 11.6 Å². The summed E-state index contributed by atoms with van der Waals surface area (Å²) in [6.07, 6.45) is 5.73. The number of aromatic nitrogens is 4. The van der Waals surface area contributed by atoms with Crippen molar-refractivity contribution in [3.05, 3.63) is 46.7 Å². The molecule has 0 aliphatic carbocycles. The highest BCUT2D eigenvalue weighted by atomic mass is 16.5. The Labute approximate surface area is 158 Å². The molecular weight excluding hydrogens is 340 g/mol. The summed E-state index contributed by atoms with van der Waals surface area (Å²) in [5.41, 5.74) is 3.18. The molecule has 0 radical (unpaired) electrons. The number of rotatable bonds is 4. The number of aryl methyl sites for hydroxylation is 1. The van der Waals surface area contributed by atoms with Crippen LogP contribution in [-0.4, -0.2) is 34.2 Å². The lowest BCUT2D eigenvalue weighted by molar-refractivity contribution is 0.398. The monoisotopic (exact) mass is 362 g/mol. The van der Waals surface area contributed by atoms with Gasteiger partial charge in [-0.05, 0) is 39.0 Å². The molecule has 0 N–H and O–H groups in total. The molecule has 0 unspecified atom stereocenters. The Morgan fingerprint density at radius 3 is 2.26 bits per heavy atom. The van der Waals surface area contributed by atoms with E-state index in [0.717, 1.165) is 33.3 Å². The molecule has 0 bridgehead atoms. The molecule has 6 nitrogen and oxygen atoms in total. The lowest BCUT2D eigenvalue weighted by Crippen LogP contribution is -2.32. The molecule has 3 aromatic heterocycles. The minimum absolute atomic E-state index is 0.560. The van der Waals surface area contributed by atoms with Crippen molar-refractivity contribution >= 4 is 12.2 Å². The zero-order valence-corrected chi connectivity index (χ0v) is 16.1. The first-order valence-electron chi connectivity index (χ1n) is 8.64. The normalized spacial score (nSPS) is 12.3. The van der Waals surface area contributed by atoms with Crippen molar-refractivity contribution in [2.24, 2.45) is 0 Å². The zero-order chi connectivity index (χ0) is 19.4. The Morgan fingerprint density at radius 2 is 1.70 bits per heavy atom. The van der Waals surface area contributed by atoms with E-state index < -0.39 is 0 Å². The van der Waals surface area contributed by atoms with Gasteiger partial charge < -0.3 is 9.47 Å². The van der Waals surface area contributed by atoms with Crippen LogP contribution in [0.4, 0.5) is 0 Å². The van der Waals surface area contributed by atoms with E-state index in [1.165, 1.54) is 0 Å². The maximum absolute atomic E-state index is 5.30. The van der Waals surface area contributed by atoms with Gasteiger partial charge in [-0.3, -0.25) is 0 Å². The molecule has 0 saturated carbocycles. The van der Waals surface area contributed by atoms with Crippen LogP contribution >= 0.6 is 0 Å². The van der Waals surface area contributed by atoms with Crippen LogP contribution in [-0.2, 0) is 0 Å². The fourth-order valence-corrected chi connectivity index (χ4v) is 2.86. The van der Waals surface area contributed by atoms with E-state index in [-0.39, 0.29) is 0 Å². The molecule has 3 rings (SSSR count). The van der Waals surface area contributed by atoms with Crippen molar-refractivity contribution < 1.29 is 9.47 Å². The molecular formula is C21H22N4O2. The van der Waals surface area contributed by atoms with Crippen LogP contribution in [0.1, 0.15) is 19.5 Å². The van der Waals surface area contributed by atoms with E-state index in [2.05, 4.69) is 9.97 Å². The maximum atomic E-state index is 5.30. The van der Waals surface area contributed by atoms with Crippen molar-refractivity contribution in [2.45, 2.75) is 20.8 Å². The predicted octanol–water partition coefficient (Wildman–Crippen LogP) is 2.53. The van der Waals surface area contributed by atoms with E-state index in [4.69, 9.17) is 19.4 Å². The predicted molar refractivity (Wildman–Crippen MR) is 106 cm³/mol. The summed E-state index contributed by atoms with van der Waals surface area (Å²) in [5.74, 6) is 1.86. The highest BCUT2D eigenvalue weighted by Crippen LogP contribution is 2.21. The molecule has 138 valence electrons. The van der Waals surface area contributed by atoms with Crippen LogP contribution in [0, 0.1) is 6.92 Å². The third kappa shape index (κ3) is 3.65. The zero-order valence-electron chi connectivity index (χ0n) is 16.1. The first kappa shape index (κ1) is 18.5. The largest absolute Gasteiger partial charge is 0.495 e. The number of nitrogens with zero attached hydrogens (tertiary/aromatic N) is 4. The summed E-state index contributed by atoms with van der Waals surface area (Å²) < 4.78 is 10.5. The topological polar surface area (TPSA) is 70.0 Å². The third-order valence-electron chi connectivity index (χ3n) is 4.24. The van der Waals surface area contributed by atoms with Crippen molar-refractivity contribution in [2.75, 3.05) is 14.2 Å². The Kier molecular flexibility index (Phi) is 5.45. The van der Waals surface area contributed by atoms with Gasteiger partial charge in [0.25, 0.3) is 0 Å². The summed E-state index contributed by atoms with van der Waals surface area (Å²) in [7, 11) is 3.23. The van der Waals surface area contributed by atoms with E-state index in [1.54, 1.807) is 20.4 Å². The Bertz CT molecular complexity index is 1080. The summed E-state index contributed by atoms with van der Waals surface area (Å²) in [6, 6.07) is 7.51. The standard InChI is InChI=1S/C21H22N4O2/c1-6-15-16(7-2)24-21(17-9-10-18(26-4)13(3)23-17)25-20(15)14-8-11-19(27-5)22-12-14/h6-12H,1-5H3/b15-6+,16-7+. The molecule has 3 heterocycles. The Balaban J connectivity index is 2.24. The maximum Gasteiger partial charge on any atom is 0.212 e. The van der Waals surface area contributed by atoms with Crippen LogP contribution in [0.2, 0.25) is 0 Å². The third-order valence-corrected chi connectivity index (χ3v) is 4.24. The highest BCUT2D eigenvalue weighted by molar-refractivity contribution is 5.64. The quantitative estimate of drug-likeness (QED) is 0.710. The van der Waals surface area contributed by atoms with E-state index >= 15 is 0 Å². The minimum atomic E-state index is 0.560. The first-order valence-corrected chi connectivity index (χ1v) is 8.64. The van der Waals surface area contributed by atoms with Gasteiger partial charge >= 0.3 is 0 Å². The van der Waals surface area contributed by atoms with Gasteiger partial charge in [0.05, 0.1) is 31.0 Å². The molecule has 6 heteroatoms. The second-order valence-corrected chi connectivity index (χ2v) is 5.85. The second kappa shape index (κ2) is 7.95. The Hall–Kier alpha value is -3.28. The van der Waals surface area contributed by atoms with Gasteiger partial charge in [-0.1, -0.05) is 12.2 Å². The average Bonchev–Trinajstić information content (AvgIpc) is 2.72. The minimum Gasteiger partial charge on any atom is -0.495 e. The lowest BCUT2D eigenvalue weighted by atomic mass is 10.1. The van der Waals surface area contributed by atoms with Crippen molar-refractivity contribution in [3.8, 4) is 34.4 Å². The van der Waals surface area contributed by atoms with Gasteiger partial charge in [-0.15, -0.1) is 0 Å². The van der Waals surface area contributed by atoms with Crippen LogP contribution in [0.15, 0.2) is 30.5 Å². The van der Waals surface area contributed by atoms with Gasteiger partial charge in [0.2, 0.25) is 5.88 Å². The average molecular weight is 362 g/mol. The van der Waals surface area contributed by atoms with Crippen LogP contribution < -0.4 is 20.0 Å². The molecule has 0 fully saturated rings. The lowest BCUT2D eigenvalue weighted by Gasteiger charge is -2.09. The Morgan fingerprint density at radius 1 is 0.889 bits per heavy atom. The second-order valence-electron chi connectivity index (χ2n) is 5.85. The number of methoxy groups -OCH3 is 2. The van der Waals surface area contributed by atoms with Crippen molar-refractivity contribution in [1.82, 2.24) is 19.9 Å². The molecule has 0 saturated heterocycles. The first-order chi connectivity index (χ1) is 13.1. The fraction of sp³-hybridized carbons (Fsp3) is 0.238. The summed E-state index contributed by atoms with van der Waals surface area (Å²) in [4.78, 5) is 18.4. The molecule has 3 aromatic rings. The molecule has 0 aliphatic rings. The van der Waals surface area contributed by atoms with E-state index in [1.807, 2.05) is 57.2 Å². The summed E-state index contributed by atoms with van der Waals surface area (Å²) >= 11 is 0. The number of hydrogen-bond acceptors (Lipinski definition) is 6. The van der Waals surface area contributed by atoms with E-state index in [9.17, 15) is 0 Å². The van der Waals surface area contributed by atoms with Crippen LogP contribution in [0.25, 0.3) is 34.9 Å².